The van der Waals surface area contributed by atoms with Crippen molar-refractivity contribution in [2.24, 2.45) is 0 Å². The smallest absolute Gasteiger partial charge is 0.265 e. The largest absolute Gasteiger partial charge is 0.482 e. The quantitative estimate of drug-likeness (QED) is 0.920. The van der Waals surface area contributed by atoms with Crippen LogP contribution < -0.4 is 15.0 Å². The van der Waals surface area contributed by atoms with Crippen LogP contribution in [-0.2, 0) is 16.0 Å². The Bertz CT molecular complexity index is 741. The summed E-state index contributed by atoms with van der Waals surface area (Å²) in [5.41, 5.74) is 2.71. The normalized spacial score (nSPS) is 13.2. The van der Waals surface area contributed by atoms with Crippen molar-refractivity contribution in [1.29, 1.82) is 0 Å². The minimum Gasteiger partial charge on any atom is -0.482 e. The number of amides is 2. The summed E-state index contributed by atoms with van der Waals surface area (Å²) < 4.78 is 5.40. The van der Waals surface area contributed by atoms with Gasteiger partial charge >= 0.3 is 0 Å². The molecule has 0 saturated carbocycles. The summed E-state index contributed by atoms with van der Waals surface area (Å²) in [5.74, 6) is 0.428. The first kappa shape index (κ1) is 16.1. The zero-order valence-corrected chi connectivity index (χ0v) is 13.6. The molecule has 1 N–H and O–H groups in total. The number of anilines is 2. The molecule has 0 bridgehead atoms. The predicted octanol–water partition coefficient (Wildman–Crippen LogP) is 3.00. The van der Waals surface area contributed by atoms with Crippen molar-refractivity contribution in [3.63, 3.8) is 0 Å². The van der Waals surface area contributed by atoms with Crippen molar-refractivity contribution in [1.82, 2.24) is 0 Å². The molecule has 0 saturated heterocycles. The summed E-state index contributed by atoms with van der Waals surface area (Å²) in [6.07, 6.45) is 1.20. The Kier molecular flexibility index (Phi) is 4.79. The van der Waals surface area contributed by atoms with Gasteiger partial charge in [0, 0.05) is 18.7 Å². The molecule has 1 aliphatic heterocycles. The van der Waals surface area contributed by atoms with E-state index < -0.39 is 0 Å². The third kappa shape index (κ3) is 3.56. The molecule has 5 heteroatoms. The van der Waals surface area contributed by atoms with Crippen LogP contribution in [0.1, 0.15) is 18.9 Å². The molecule has 0 fully saturated rings. The number of carbonyl (C=O) groups excluding carboxylic acids is 2. The summed E-state index contributed by atoms with van der Waals surface area (Å²) >= 11 is 0. The van der Waals surface area contributed by atoms with E-state index in [0.717, 1.165) is 12.1 Å². The lowest BCUT2D eigenvalue weighted by Gasteiger charge is -2.29. The number of para-hydroxylation sites is 2. The van der Waals surface area contributed by atoms with E-state index in [9.17, 15) is 9.59 Å². The lowest BCUT2D eigenvalue weighted by molar-refractivity contribution is -0.121. The standard InChI is InChI=1S/C19H20N2O3/c1-2-14-7-9-15(10-8-14)20-18(22)11-12-21-16-5-3-4-6-17(16)24-13-19(21)23/h3-10H,2,11-13H2,1H3,(H,20,22). The lowest BCUT2D eigenvalue weighted by atomic mass is 10.1. The fourth-order valence-corrected chi connectivity index (χ4v) is 2.66. The minimum atomic E-state index is -0.131. The molecule has 2 aromatic rings. The molecule has 0 aliphatic carbocycles. The molecule has 0 unspecified atom stereocenters. The van der Waals surface area contributed by atoms with E-state index in [1.807, 2.05) is 48.5 Å². The van der Waals surface area contributed by atoms with E-state index in [-0.39, 0.29) is 24.8 Å². The number of rotatable bonds is 5. The number of ether oxygens (including phenoxy) is 1. The molecule has 1 aliphatic rings. The Labute approximate surface area is 141 Å². The highest BCUT2D eigenvalue weighted by atomic mass is 16.5. The van der Waals surface area contributed by atoms with Gasteiger partial charge in [0.15, 0.2) is 6.61 Å². The summed E-state index contributed by atoms with van der Waals surface area (Å²) in [7, 11) is 0. The van der Waals surface area contributed by atoms with Gasteiger partial charge in [-0.25, -0.2) is 0 Å². The van der Waals surface area contributed by atoms with Crippen LogP contribution in [-0.4, -0.2) is 25.0 Å². The molecule has 24 heavy (non-hydrogen) atoms. The third-order valence-electron chi connectivity index (χ3n) is 4.02. The van der Waals surface area contributed by atoms with E-state index in [0.29, 0.717) is 18.0 Å². The Morgan fingerprint density at radius 2 is 1.92 bits per heavy atom. The van der Waals surface area contributed by atoms with Gasteiger partial charge in [0.25, 0.3) is 5.91 Å². The van der Waals surface area contributed by atoms with E-state index >= 15 is 0 Å². The molecule has 1 heterocycles. The Morgan fingerprint density at radius 1 is 1.17 bits per heavy atom. The highest BCUT2D eigenvalue weighted by Crippen LogP contribution is 2.31. The zero-order valence-electron chi connectivity index (χ0n) is 13.6. The first-order valence-corrected chi connectivity index (χ1v) is 8.08. The minimum absolute atomic E-state index is 0.0110. The van der Waals surface area contributed by atoms with Crippen LogP contribution in [0.3, 0.4) is 0 Å². The number of aryl methyl sites for hydroxylation is 1. The van der Waals surface area contributed by atoms with Crippen molar-refractivity contribution in [3.05, 3.63) is 54.1 Å². The van der Waals surface area contributed by atoms with Gasteiger partial charge in [0.1, 0.15) is 5.75 Å². The number of nitrogens with one attached hydrogen (secondary N) is 1. The van der Waals surface area contributed by atoms with E-state index in [1.54, 1.807) is 4.90 Å². The average Bonchev–Trinajstić information content (AvgIpc) is 2.61. The van der Waals surface area contributed by atoms with Crippen molar-refractivity contribution in [2.45, 2.75) is 19.8 Å². The average molecular weight is 324 g/mol. The van der Waals surface area contributed by atoms with Gasteiger partial charge in [0.05, 0.1) is 5.69 Å². The number of nitrogens with zero attached hydrogens (tertiary/aromatic N) is 1. The van der Waals surface area contributed by atoms with Crippen LogP contribution in [0.2, 0.25) is 0 Å². The number of benzene rings is 2. The summed E-state index contributed by atoms with van der Waals surface area (Å²) in [4.78, 5) is 25.8. The van der Waals surface area contributed by atoms with Crippen LogP contribution >= 0.6 is 0 Å². The maximum Gasteiger partial charge on any atom is 0.265 e. The molecule has 2 aromatic carbocycles. The Balaban J connectivity index is 1.60. The molecular formula is C19H20N2O3. The monoisotopic (exact) mass is 324 g/mol. The number of hydrogen-bond donors (Lipinski definition) is 1. The van der Waals surface area contributed by atoms with Crippen LogP contribution in [0.25, 0.3) is 0 Å². The van der Waals surface area contributed by atoms with Crippen molar-refractivity contribution in [3.8, 4) is 5.75 Å². The van der Waals surface area contributed by atoms with Gasteiger partial charge < -0.3 is 15.0 Å². The fourth-order valence-electron chi connectivity index (χ4n) is 2.66. The highest BCUT2D eigenvalue weighted by Gasteiger charge is 2.25. The molecular weight excluding hydrogens is 304 g/mol. The third-order valence-corrected chi connectivity index (χ3v) is 4.02. The Morgan fingerprint density at radius 3 is 2.67 bits per heavy atom. The van der Waals surface area contributed by atoms with Crippen LogP contribution in [0.4, 0.5) is 11.4 Å². The van der Waals surface area contributed by atoms with Gasteiger partial charge in [-0.3, -0.25) is 9.59 Å². The maximum atomic E-state index is 12.1. The second kappa shape index (κ2) is 7.17. The first-order valence-electron chi connectivity index (χ1n) is 8.08. The molecule has 124 valence electrons. The summed E-state index contributed by atoms with van der Waals surface area (Å²) in [5, 5.41) is 2.86. The topological polar surface area (TPSA) is 58.6 Å². The predicted molar refractivity (Wildman–Crippen MR) is 93.4 cm³/mol. The van der Waals surface area contributed by atoms with Crippen molar-refractivity contribution < 1.29 is 14.3 Å². The van der Waals surface area contributed by atoms with Crippen LogP contribution in [0, 0.1) is 0 Å². The summed E-state index contributed by atoms with van der Waals surface area (Å²) in [6.45, 7) is 2.43. The van der Waals surface area contributed by atoms with Gasteiger partial charge in [0.2, 0.25) is 5.91 Å². The SMILES string of the molecule is CCc1ccc(NC(=O)CCN2C(=O)COc3ccccc32)cc1. The highest BCUT2D eigenvalue weighted by molar-refractivity contribution is 5.99. The molecule has 0 radical (unpaired) electrons. The molecule has 0 aromatic heterocycles. The second-order valence-corrected chi connectivity index (χ2v) is 5.65. The molecule has 3 rings (SSSR count). The number of fused-ring (bicyclic) bond motifs is 1. The van der Waals surface area contributed by atoms with Gasteiger partial charge in [-0.15, -0.1) is 0 Å². The fraction of sp³-hybridized carbons (Fsp3) is 0.263. The molecule has 5 nitrogen and oxygen atoms in total. The lowest BCUT2D eigenvalue weighted by Crippen LogP contribution is -2.40. The van der Waals surface area contributed by atoms with Crippen LogP contribution in [0.5, 0.6) is 5.75 Å². The number of hydrogen-bond acceptors (Lipinski definition) is 3. The first-order chi connectivity index (χ1) is 11.7. The van der Waals surface area contributed by atoms with E-state index in [1.165, 1.54) is 5.56 Å². The van der Waals surface area contributed by atoms with E-state index in [4.69, 9.17) is 4.74 Å². The Hall–Kier alpha value is -2.82. The van der Waals surface area contributed by atoms with Gasteiger partial charge in [-0.05, 0) is 36.2 Å². The maximum absolute atomic E-state index is 12.1. The van der Waals surface area contributed by atoms with Gasteiger partial charge in [-0.1, -0.05) is 31.2 Å². The second-order valence-electron chi connectivity index (χ2n) is 5.65. The summed E-state index contributed by atoms with van der Waals surface area (Å²) in [6, 6.07) is 15.1. The molecule has 0 spiro atoms. The molecule has 0 atom stereocenters. The zero-order chi connectivity index (χ0) is 16.9. The van der Waals surface area contributed by atoms with Crippen LogP contribution in [0.15, 0.2) is 48.5 Å². The number of carbonyl (C=O) groups is 2. The van der Waals surface area contributed by atoms with E-state index in [2.05, 4.69) is 12.2 Å². The van der Waals surface area contributed by atoms with Crippen molar-refractivity contribution in [2.75, 3.05) is 23.4 Å². The molecule has 2 amide bonds. The van der Waals surface area contributed by atoms with Gasteiger partial charge in [-0.2, -0.15) is 0 Å². The van der Waals surface area contributed by atoms with Crippen molar-refractivity contribution >= 4 is 23.2 Å².